The standard InChI is InChI=1S/C41H66N3O5/c1-34(2)21-25(22-35(3,4)44(34)49)43-31(47)24-42-33(48)38(8)17-16-37(7)18-19-40(10)26(27(37)23-38)20-28(45)32-39(9)14-13-30(46)36(5,6)29(39)12-15-41(32,40)11/h20,25,27,29-30,32,46H,12-19,21-24H2,1-11H3,(H,42,48)(H,43,47)/t27-,29-,30-,32+,37+,38-,39-,40+,41+/m0/s1. The summed E-state index contributed by atoms with van der Waals surface area (Å²) in [7, 11) is 0. The molecule has 8 nitrogen and oxygen atoms in total. The van der Waals surface area contributed by atoms with Crippen molar-refractivity contribution in [3.63, 3.8) is 0 Å². The Morgan fingerprint density at radius 1 is 0.837 bits per heavy atom. The van der Waals surface area contributed by atoms with Crippen LogP contribution in [0.3, 0.4) is 0 Å². The first-order valence-electron chi connectivity index (χ1n) is 19.4. The van der Waals surface area contributed by atoms with Crippen LogP contribution in [0.15, 0.2) is 11.6 Å². The molecule has 1 saturated heterocycles. The van der Waals surface area contributed by atoms with E-state index in [0.29, 0.717) is 25.2 Å². The largest absolute Gasteiger partial charge is 0.393 e. The van der Waals surface area contributed by atoms with Gasteiger partial charge in [-0.15, -0.1) is 10.3 Å². The van der Waals surface area contributed by atoms with E-state index in [0.717, 1.165) is 56.4 Å². The zero-order chi connectivity index (χ0) is 36.4. The van der Waals surface area contributed by atoms with Crippen LogP contribution in [-0.4, -0.2) is 57.5 Å². The summed E-state index contributed by atoms with van der Waals surface area (Å²) >= 11 is 0. The summed E-state index contributed by atoms with van der Waals surface area (Å²) in [6.45, 7) is 23.6. The van der Waals surface area contributed by atoms with E-state index in [1.165, 1.54) is 5.57 Å². The molecule has 1 aliphatic heterocycles. The highest BCUT2D eigenvalue weighted by Gasteiger charge is 2.70. The number of aliphatic hydroxyl groups excluding tert-OH is 1. The van der Waals surface area contributed by atoms with Crippen LogP contribution in [0.2, 0.25) is 0 Å². The van der Waals surface area contributed by atoms with Crippen molar-refractivity contribution >= 4 is 17.6 Å². The van der Waals surface area contributed by atoms with Gasteiger partial charge in [0.1, 0.15) is 0 Å². The van der Waals surface area contributed by atoms with Crippen molar-refractivity contribution in [2.75, 3.05) is 6.54 Å². The molecule has 0 aromatic heterocycles. The Morgan fingerprint density at radius 2 is 1.45 bits per heavy atom. The molecule has 9 atom stereocenters. The van der Waals surface area contributed by atoms with E-state index in [2.05, 4.69) is 59.1 Å². The number of aliphatic hydroxyl groups is 1. The quantitative estimate of drug-likeness (QED) is 0.298. The lowest BCUT2D eigenvalue weighted by atomic mass is 9.33. The van der Waals surface area contributed by atoms with E-state index < -0.39 is 16.5 Å². The highest BCUT2D eigenvalue weighted by molar-refractivity contribution is 5.96. The van der Waals surface area contributed by atoms with Gasteiger partial charge in [-0.2, -0.15) is 0 Å². The first-order valence-corrected chi connectivity index (χ1v) is 19.4. The second-order valence-electron chi connectivity index (χ2n) is 20.9. The van der Waals surface area contributed by atoms with Crippen LogP contribution in [0.1, 0.15) is 147 Å². The van der Waals surface area contributed by atoms with Crippen molar-refractivity contribution in [2.45, 2.75) is 170 Å². The number of fused-ring (bicyclic) bond motifs is 7. The Balaban J connectivity index is 1.20. The monoisotopic (exact) mass is 681 g/mol. The van der Waals surface area contributed by atoms with Crippen LogP contribution in [-0.2, 0) is 19.6 Å². The lowest BCUT2D eigenvalue weighted by Gasteiger charge is -2.70. The molecule has 1 heterocycles. The van der Waals surface area contributed by atoms with E-state index in [9.17, 15) is 24.7 Å². The van der Waals surface area contributed by atoms with Crippen molar-refractivity contribution < 1.29 is 24.7 Å². The Kier molecular flexibility index (Phi) is 8.58. The van der Waals surface area contributed by atoms with Gasteiger partial charge in [0, 0.05) is 28.5 Å². The van der Waals surface area contributed by atoms with Gasteiger partial charge in [0.15, 0.2) is 5.78 Å². The summed E-state index contributed by atoms with van der Waals surface area (Å²) in [5.74, 6) is 0.312. The van der Waals surface area contributed by atoms with Crippen molar-refractivity contribution in [3.05, 3.63) is 11.6 Å². The second kappa shape index (κ2) is 11.4. The predicted octanol–water partition coefficient (Wildman–Crippen LogP) is 6.93. The molecular formula is C41H66N3O5. The minimum Gasteiger partial charge on any atom is -0.393 e. The number of rotatable bonds is 4. The topological polar surface area (TPSA) is 119 Å². The smallest absolute Gasteiger partial charge is 0.239 e. The van der Waals surface area contributed by atoms with E-state index in [-0.39, 0.29) is 75.2 Å². The Hall–Kier alpha value is -1.77. The number of carbonyl (C=O) groups excluding carboxylic acids is 3. The third-order valence-electron chi connectivity index (χ3n) is 16.5. The summed E-state index contributed by atoms with van der Waals surface area (Å²) in [4.78, 5) is 41.7. The van der Waals surface area contributed by atoms with Gasteiger partial charge < -0.3 is 15.7 Å². The van der Waals surface area contributed by atoms with Crippen molar-refractivity contribution in [1.82, 2.24) is 15.7 Å². The Bertz CT molecular complexity index is 1420. The summed E-state index contributed by atoms with van der Waals surface area (Å²) in [5, 5.41) is 31.1. The van der Waals surface area contributed by atoms with Crippen LogP contribution in [0.25, 0.3) is 0 Å². The van der Waals surface area contributed by atoms with Gasteiger partial charge in [0.25, 0.3) is 0 Å². The fraction of sp³-hybridized carbons (Fsp3) is 0.878. The molecule has 5 aliphatic carbocycles. The lowest BCUT2D eigenvalue weighted by Crippen LogP contribution is -2.66. The van der Waals surface area contributed by atoms with Crippen molar-refractivity contribution in [3.8, 4) is 0 Å². The zero-order valence-corrected chi connectivity index (χ0v) is 32.5. The van der Waals surface area contributed by atoms with E-state index in [1.54, 1.807) is 0 Å². The Morgan fingerprint density at radius 3 is 2.08 bits per heavy atom. The minimum absolute atomic E-state index is 0.0278. The lowest BCUT2D eigenvalue weighted by molar-refractivity contribution is -0.290. The van der Waals surface area contributed by atoms with Gasteiger partial charge in [-0.3, -0.25) is 14.4 Å². The molecule has 1 radical (unpaired) electrons. The van der Waals surface area contributed by atoms with Crippen LogP contribution in [0.4, 0.5) is 0 Å². The number of amides is 2. The van der Waals surface area contributed by atoms with Gasteiger partial charge in [-0.25, -0.2) is 0 Å². The summed E-state index contributed by atoms with van der Waals surface area (Å²) in [6, 6.07) is -0.131. The molecule has 4 saturated carbocycles. The second-order valence-corrected chi connectivity index (χ2v) is 20.9. The molecule has 0 aromatic rings. The van der Waals surface area contributed by atoms with Gasteiger partial charge in [0.2, 0.25) is 11.8 Å². The first kappa shape index (κ1) is 37.0. The van der Waals surface area contributed by atoms with Crippen molar-refractivity contribution in [2.24, 2.45) is 50.2 Å². The molecule has 3 N–H and O–H groups in total. The average molecular weight is 681 g/mol. The molecule has 0 aromatic carbocycles. The highest BCUT2D eigenvalue weighted by atomic mass is 16.5. The number of carbonyl (C=O) groups is 3. The normalized spacial score (nSPS) is 45.9. The molecule has 49 heavy (non-hydrogen) atoms. The molecule has 275 valence electrons. The molecule has 2 amide bonds. The van der Waals surface area contributed by atoms with Crippen LogP contribution < -0.4 is 10.6 Å². The van der Waals surface area contributed by atoms with Crippen molar-refractivity contribution in [1.29, 1.82) is 0 Å². The summed E-state index contributed by atoms with van der Waals surface area (Å²) in [5.41, 5.74) is -1.21. The zero-order valence-electron chi connectivity index (χ0n) is 32.5. The van der Waals surface area contributed by atoms with Crippen LogP contribution in [0, 0.1) is 50.2 Å². The van der Waals surface area contributed by atoms with Crippen LogP contribution >= 0.6 is 0 Å². The predicted molar refractivity (Wildman–Crippen MR) is 190 cm³/mol. The summed E-state index contributed by atoms with van der Waals surface area (Å²) in [6.07, 6.45) is 11.0. The number of ketones is 1. The molecule has 6 rings (SSSR count). The molecule has 0 spiro atoms. The van der Waals surface area contributed by atoms with Gasteiger partial charge in [0.05, 0.1) is 12.6 Å². The average Bonchev–Trinajstić information content (AvgIpc) is 2.98. The van der Waals surface area contributed by atoms with E-state index >= 15 is 0 Å². The SMILES string of the molecule is CC1(C)[C@@H](O)CC[C@]2(C)[C@H]3C(=O)C=C4[C@@H]5C[C@@](C)(C(=O)NCC(=O)NC6CC(C)(C)N([O])C(C)(C)C6)CC[C@]5(C)CC[C@@]4(C)[C@]3(C)CC[C@@H]12. The third-order valence-corrected chi connectivity index (χ3v) is 16.5. The molecule has 0 unspecified atom stereocenters. The van der Waals surface area contributed by atoms with Gasteiger partial charge in [-0.05, 0) is 143 Å². The Labute approximate surface area is 295 Å². The maximum Gasteiger partial charge on any atom is 0.239 e. The number of nitrogens with one attached hydrogen (secondary N) is 2. The maximum atomic E-state index is 14.6. The molecule has 8 heteroatoms. The molecular weight excluding hydrogens is 614 g/mol. The number of hydroxylamine groups is 2. The third kappa shape index (κ3) is 5.42. The molecule has 6 aliphatic rings. The number of allylic oxidation sites excluding steroid dienone is 2. The molecule has 0 bridgehead atoms. The van der Waals surface area contributed by atoms with E-state index in [1.807, 2.05) is 33.8 Å². The number of piperidine rings is 1. The number of hydrogen-bond donors (Lipinski definition) is 3. The maximum absolute atomic E-state index is 14.6. The number of nitrogens with zero attached hydrogens (tertiary/aromatic N) is 1. The minimum atomic E-state index is -0.643. The number of hydrogen-bond acceptors (Lipinski definition) is 5. The fourth-order valence-corrected chi connectivity index (χ4v) is 13.4. The van der Waals surface area contributed by atoms with Crippen LogP contribution in [0.5, 0.6) is 0 Å². The highest BCUT2D eigenvalue weighted by Crippen LogP contribution is 2.75. The fourth-order valence-electron chi connectivity index (χ4n) is 13.4. The van der Waals surface area contributed by atoms with Gasteiger partial charge >= 0.3 is 0 Å². The van der Waals surface area contributed by atoms with Gasteiger partial charge in [-0.1, -0.05) is 54.0 Å². The first-order chi connectivity index (χ1) is 22.4. The summed E-state index contributed by atoms with van der Waals surface area (Å²) < 4.78 is 0. The molecule has 5 fully saturated rings. The van der Waals surface area contributed by atoms with E-state index in [4.69, 9.17) is 0 Å².